The number of aryl methyl sites for hydroxylation is 1. The van der Waals surface area contributed by atoms with Gasteiger partial charge in [-0.2, -0.15) is 0 Å². The lowest BCUT2D eigenvalue weighted by Crippen LogP contribution is -2.11. The Bertz CT molecular complexity index is 667. The van der Waals surface area contributed by atoms with Crippen LogP contribution in [-0.4, -0.2) is 0 Å². The van der Waals surface area contributed by atoms with Crippen molar-refractivity contribution >= 4 is 0 Å². The van der Waals surface area contributed by atoms with Crippen LogP contribution in [0.4, 0.5) is 0 Å². The van der Waals surface area contributed by atoms with Crippen molar-refractivity contribution in [3.05, 3.63) is 71.8 Å². The van der Waals surface area contributed by atoms with Gasteiger partial charge >= 0.3 is 0 Å². The molecule has 138 valence electrons. The second-order valence-electron chi connectivity index (χ2n) is 7.90. The van der Waals surface area contributed by atoms with Gasteiger partial charge in [0.25, 0.3) is 0 Å². The fraction of sp³-hybridized carbons (Fsp3) is 0.462. The molecule has 0 radical (unpaired) electrons. The summed E-state index contributed by atoms with van der Waals surface area (Å²) in [5.74, 6) is 1.57. The van der Waals surface area contributed by atoms with E-state index in [-0.39, 0.29) is 0 Å². The van der Waals surface area contributed by atoms with Gasteiger partial charge in [-0.15, -0.1) is 0 Å². The van der Waals surface area contributed by atoms with Crippen molar-refractivity contribution in [2.75, 3.05) is 0 Å². The minimum Gasteiger partial charge on any atom is -0.0883 e. The fourth-order valence-electron chi connectivity index (χ4n) is 4.20. The fourth-order valence-corrected chi connectivity index (χ4v) is 4.20. The molecule has 0 bridgehead atoms. The molecule has 1 aliphatic carbocycles. The van der Waals surface area contributed by atoms with Crippen LogP contribution in [0.15, 0.2) is 60.7 Å². The third kappa shape index (κ3) is 5.10. The average molecular weight is 347 g/mol. The molecule has 1 aliphatic rings. The molecule has 0 unspecified atom stereocenters. The van der Waals surface area contributed by atoms with Gasteiger partial charge in [-0.25, -0.2) is 0 Å². The maximum absolute atomic E-state index is 2.48. The Labute approximate surface area is 160 Å². The summed E-state index contributed by atoms with van der Waals surface area (Å²) >= 11 is 0. The molecule has 2 aromatic carbocycles. The second kappa shape index (κ2) is 9.76. The highest BCUT2D eigenvalue weighted by atomic mass is 14.3. The van der Waals surface area contributed by atoms with Gasteiger partial charge in [-0.3, -0.25) is 0 Å². The molecule has 0 heterocycles. The highest BCUT2D eigenvalue weighted by molar-refractivity contribution is 5.64. The van der Waals surface area contributed by atoms with Crippen LogP contribution in [0.25, 0.3) is 11.1 Å². The Morgan fingerprint density at radius 1 is 0.769 bits per heavy atom. The standard InChI is InChI=1S/C26H34/c1-3-5-6-8-22-11-15-24(16-12-22)26-19-17-25(18-20-26)23-13-9-21(7-4-2)10-14-23/h6,8-10,13-14,17-20,22,24H,3-5,7,11-12,15-16H2,1-2H3. The van der Waals surface area contributed by atoms with Crippen molar-refractivity contribution in [2.45, 2.75) is 71.1 Å². The van der Waals surface area contributed by atoms with Gasteiger partial charge in [-0.1, -0.05) is 87.4 Å². The Morgan fingerprint density at radius 2 is 1.38 bits per heavy atom. The molecule has 0 aliphatic heterocycles. The molecule has 3 rings (SSSR count). The van der Waals surface area contributed by atoms with E-state index in [4.69, 9.17) is 0 Å². The summed E-state index contributed by atoms with van der Waals surface area (Å²) in [7, 11) is 0. The van der Waals surface area contributed by atoms with Gasteiger partial charge in [0.1, 0.15) is 0 Å². The monoisotopic (exact) mass is 346 g/mol. The van der Waals surface area contributed by atoms with E-state index in [2.05, 4.69) is 74.5 Å². The minimum atomic E-state index is 0.756. The first kappa shape index (κ1) is 19.0. The van der Waals surface area contributed by atoms with E-state index in [9.17, 15) is 0 Å². The maximum Gasteiger partial charge on any atom is -0.0162 e. The van der Waals surface area contributed by atoms with Crippen molar-refractivity contribution in [1.82, 2.24) is 0 Å². The molecule has 1 fully saturated rings. The van der Waals surface area contributed by atoms with Gasteiger partial charge in [0.15, 0.2) is 0 Å². The number of allylic oxidation sites excluding steroid dienone is 2. The molecule has 0 spiro atoms. The SMILES string of the molecule is CCCC=CC1CCC(c2ccc(-c3ccc(CCC)cc3)cc2)CC1. The van der Waals surface area contributed by atoms with E-state index in [0.717, 1.165) is 11.8 Å². The first-order valence-electron chi connectivity index (χ1n) is 10.7. The predicted octanol–water partition coefficient (Wildman–Crippen LogP) is 7.94. The van der Waals surface area contributed by atoms with E-state index in [0.29, 0.717) is 0 Å². The van der Waals surface area contributed by atoms with Gasteiger partial charge < -0.3 is 0 Å². The van der Waals surface area contributed by atoms with Crippen LogP contribution in [-0.2, 0) is 6.42 Å². The molecule has 0 atom stereocenters. The molecule has 0 nitrogen and oxygen atoms in total. The topological polar surface area (TPSA) is 0 Å². The number of benzene rings is 2. The first-order valence-corrected chi connectivity index (χ1v) is 10.7. The Morgan fingerprint density at radius 3 is 1.96 bits per heavy atom. The molecular weight excluding hydrogens is 312 g/mol. The lowest BCUT2D eigenvalue weighted by Gasteiger charge is -2.27. The molecule has 1 saturated carbocycles. The first-order chi connectivity index (χ1) is 12.8. The zero-order chi connectivity index (χ0) is 18.2. The molecule has 0 amide bonds. The van der Waals surface area contributed by atoms with Crippen molar-refractivity contribution in [3.8, 4) is 11.1 Å². The third-order valence-electron chi connectivity index (χ3n) is 5.84. The number of unbranched alkanes of at least 4 members (excludes halogenated alkanes) is 1. The van der Waals surface area contributed by atoms with Crippen LogP contribution < -0.4 is 0 Å². The van der Waals surface area contributed by atoms with Gasteiger partial charge in [0, 0.05) is 0 Å². The zero-order valence-electron chi connectivity index (χ0n) is 16.6. The normalized spacial score (nSPS) is 20.5. The van der Waals surface area contributed by atoms with Gasteiger partial charge in [0.05, 0.1) is 0 Å². The zero-order valence-corrected chi connectivity index (χ0v) is 16.6. The van der Waals surface area contributed by atoms with Crippen LogP contribution in [0, 0.1) is 5.92 Å². The summed E-state index contributed by atoms with van der Waals surface area (Å²) in [5.41, 5.74) is 5.65. The average Bonchev–Trinajstić information content (AvgIpc) is 2.70. The van der Waals surface area contributed by atoms with E-state index >= 15 is 0 Å². The van der Waals surface area contributed by atoms with Crippen molar-refractivity contribution < 1.29 is 0 Å². The van der Waals surface area contributed by atoms with Crippen LogP contribution in [0.2, 0.25) is 0 Å². The van der Waals surface area contributed by atoms with Gasteiger partial charge in [0.2, 0.25) is 0 Å². The Balaban J connectivity index is 1.58. The molecule has 2 aromatic rings. The highest BCUT2D eigenvalue weighted by Crippen LogP contribution is 2.37. The summed E-state index contributed by atoms with van der Waals surface area (Å²) < 4.78 is 0. The van der Waals surface area contributed by atoms with Crippen LogP contribution in [0.3, 0.4) is 0 Å². The molecule has 0 heteroatoms. The Kier molecular flexibility index (Phi) is 7.12. The third-order valence-corrected chi connectivity index (χ3v) is 5.84. The smallest absolute Gasteiger partial charge is 0.0162 e. The summed E-state index contributed by atoms with van der Waals surface area (Å²) in [6.07, 6.45) is 15.1. The number of hydrogen-bond acceptors (Lipinski definition) is 0. The van der Waals surface area contributed by atoms with E-state index in [1.165, 1.54) is 73.6 Å². The van der Waals surface area contributed by atoms with Crippen molar-refractivity contribution in [1.29, 1.82) is 0 Å². The molecule has 0 saturated heterocycles. The summed E-state index contributed by atoms with van der Waals surface area (Å²) in [4.78, 5) is 0. The number of hydrogen-bond donors (Lipinski definition) is 0. The largest absolute Gasteiger partial charge is 0.0883 e. The molecular formula is C26H34. The van der Waals surface area contributed by atoms with Gasteiger partial charge in [-0.05, 0) is 72.6 Å². The Hall–Kier alpha value is -1.82. The van der Waals surface area contributed by atoms with E-state index in [1.54, 1.807) is 0 Å². The minimum absolute atomic E-state index is 0.756. The lowest BCUT2D eigenvalue weighted by molar-refractivity contribution is 0.375. The second-order valence-corrected chi connectivity index (χ2v) is 7.90. The molecule has 26 heavy (non-hydrogen) atoms. The summed E-state index contributed by atoms with van der Waals surface area (Å²) in [6.45, 7) is 4.49. The quantitative estimate of drug-likeness (QED) is 0.446. The maximum atomic E-state index is 2.48. The molecule has 0 N–H and O–H groups in total. The van der Waals surface area contributed by atoms with E-state index in [1.807, 2.05) is 0 Å². The van der Waals surface area contributed by atoms with Crippen LogP contribution >= 0.6 is 0 Å². The highest BCUT2D eigenvalue weighted by Gasteiger charge is 2.20. The van der Waals surface area contributed by atoms with Crippen LogP contribution in [0.1, 0.15) is 75.8 Å². The van der Waals surface area contributed by atoms with Crippen molar-refractivity contribution in [2.24, 2.45) is 5.92 Å². The molecule has 0 aromatic heterocycles. The van der Waals surface area contributed by atoms with Crippen LogP contribution in [0.5, 0.6) is 0 Å². The summed E-state index contributed by atoms with van der Waals surface area (Å²) in [6, 6.07) is 18.5. The number of rotatable bonds is 7. The lowest BCUT2D eigenvalue weighted by atomic mass is 9.78. The predicted molar refractivity (Wildman–Crippen MR) is 115 cm³/mol. The summed E-state index contributed by atoms with van der Waals surface area (Å²) in [5, 5.41) is 0. The van der Waals surface area contributed by atoms with Crippen molar-refractivity contribution in [3.63, 3.8) is 0 Å². The van der Waals surface area contributed by atoms with E-state index < -0.39 is 0 Å².